The number of esters is 1. The Morgan fingerprint density at radius 1 is 1.08 bits per heavy atom. The number of carbonyl (C=O) groups excluding carboxylic acids is 1. The molecule has 134 valence electrons. The lowest BCUT2D eigenvalue weighted by Crippen LogP contribution is -2.14. The molecule has 0 radical (unpaired) electrons. The Morgan fingerprint density at radius 3 is 2.42 bits per heavy atom. The van der Waals surface area contributed by atoms with E-state index in [0.717, 1.165) is 11.3 Å². The summed E-state index contributed by atoms with van der Waals surface area (Å²) in [6, 6.07) is 17.3. The van der Waals surface area contributed by atoms with Gasteiger partial charge in [-0.1, -0.05) is 38.1 Å². The zero-order valence-electron chi connectivity index (χ0n) is 15.0. The van der Waals surface area contributed by atoms with E-state index in [1.807, 2.05) is 60.8 Å². The minimum Gasteiger partial charge on any atom is -0.482 e. The van der Waals surface area contributed by atoms with Gasteiger partial charge in [-0.2, -0.15) is 5.10 Å². The van der Waals surface area contributed by atoms with Crippen LogP contribution in [0.3, 0.4) is 0 Å². The lowest BCUT2D eigenvalue weighted by Gasteiger charge is -2.09. The third-order valence-corrected chi connectivity index (χ3v) is 4.01. The molecule has 26 heavy (non-hydrogen) atoms. The van der Waals surface area contributed by atoms with E-state index < -0.39 is 5.97 Å². The molecule has 3 rings (SSSR count). The zero-order chi connectivity index (χ0) is 18.4. The monoisotopic (exact) mass is 350 g/mol. The molecule has 5 nitrogen and oxygen atoms in total. The summed E-state index contributed by atoms with van der Waals surface area (Å²) in [6.45, 7) is 4.38. The van der Waals surface area contributed by atoms with Crippen molar-refractivity contribution in [3.05, 3.63) is 78.1 Å². The van der Waals surface area contributed by atoms with Gasteiger partial charge in [0.25, 0.3) is 0 Å². The second-order valence-corrected chi connectivity index (χ2v) is 6.29. The number of rotatable bonds is 7. The van der Waals surface area contributed by atoms with E-state index in [4.69, 9.17) is 9.47 Å². The zero-order valence-corrected chi connectivity index (χ0v) is 15.0. The lowest BCUT2D eigenvalue weighted by molar-refractivity contribution is -0.147. The fourth-order valence-corrected chi connectivity index (χ4v) is 2.46. The predicted octanol–water partition coefficient (Wildman–Crippen LogP) is 4.12. The first kappa shape index (κ1) is 17.7. The van der Waals surface area contributed by atoms with Crippen LogP contribution in [0.2, 0.25) is 0 Å². The Morgan fingerprint density at radius 2 is 1.81 bits per heavy atom. The van der Waals surface area contributed by atoms with Gasteiger partial charge in [-0.25, -0.2) is 9.48 Å². The summed E-state index contributed by atoms with van der Waals surface area (Å²) >= 11 is 0. The average Bonchev–Trinajstić information content (AvgIpc) is 3.20. The molecular formula is C21H22N2O3. The van der Waals surface area contributed by atoms with E-state index in [9.17, 15) is 4.79 Å². The van der Waals surface area contributed by atoms with Gasteiger partial charge in [-0.15, -0.1) is 0 Å². The molecule has 0 spiro atoms. The molecule has 0 aliphatic rings. The molecule has 3 aromatic rings. The van der Waals surface area contributed by atoms with E-state index in [2.05, 4.69) is 18.9 Å². The molecule has 0 atom stereocenters. The first-order valence-electron chi connectivity index (χ1n) is 8.59. The quantitative estimate of drug-likeness (QED) is 0.602. The van der Waals surface area contributed by atoms with Gasteiger partial charge in [0.2, 0.25) is 0 Å². The smallest absolute Gasteiger partial charge is 0.344 e. The Hall–Kier alpha value is -3.08. The van der Waals surface area contributed by atoms with Crippen LogP contribution in [0.25, 0.3) is 5.69 Å². The van der Waals surface area contributed by atoms with E-state index >= 15 is 0 Å². The van der Waals surface area contributed by atoms with Gasteiger partial charge in [0, 0.05) is 12.4 Å². The molecule has 0 amide bonds. The number of aromatic nitrogens is 2. The fourth-order valence-electron chi connectivity index (χ4n) is 2.46. The number of benzene rings is 2. The fraction of sp³-hybridized carbons (Fsp3) is 0.238. The van der Waals surface area contributed by atoms with Crippen molar-refractivity contribution in [1.82, 2.24) is 9.78 Å². The van der Waals surface area contributed by atoms with Gasteiger partial charge in [-0.05, 0) is 47.4 Å². The molecular weight excluding hydrogens is 328 g/mol. The maximum absolute atomic E-state index is 11.9. The molecule has 0 N–H and O–H groups in total. The second-order valence-electron chi connectivity index (χ2n) is 6.29. The predicted molar refractivity (Wildman–Crippen MR) is 99.4 cm³/mol. The summed E-state index contributed by atoms with van der Waals surface area (Å²) in [7, 11) is 0. The largest absolute Gasteiger partial charge is 0.482 e. The van der Waals surface area contributed by atoms with E-state index in [1.165, 1.54) is 5.56 Å². The van der Waals surface area contributed by atoms with Crippen molar-refractivity contribution in [1.29, 1.82) is 0 Å². The van der Waals surface area contributed by atoms with Crippen LogP contribution in [0, 0.1) is 0 Å². The molecule has 5 heteroatoms. The van der Waals surface area contributed by atoms with Gasteiger partial charge in [0.1, 0.15) is 12.4 Å². The van der Waals surface area contributed by atoms with Gasteiger partial charge in [-0.3, -0.25) is 0 Å². The van der Waals surface area contributed by atoms with Crippen molar-refractivity contribution >= 4 is 5.97 Å². The van der Waals surface area contributed by atoms with Crippen molar-refractivity contribution in [3.8, 4) is 11.4 Å². The Kier molecular flexibility index (Phi) is 5.69. The van der Waals surface area contributed by atoms with Crippen LogP contribution in [0.1, 0.15) is 30.9 Å². The van der Waals surface area contributed by atoms with Crippen molar-refractivity contribution < 1.29 is 14.3 Å². The van der Waals surface area contributed by atoms with Crippen molar-refractivity contribution in [2.45, 2.75) is 26.4 Å². The standard InChI is InChI=1S/C21H22N2O3/c1-16(2)18-6-10-20(11-7-18)25-15-21(24)26-14-17-4-8-19(9-5-17)23-13-3-12-22-23/h3-13,16H,14-15H2,1-2H3. The molecule has 0 bridgehead atoms. The molecule has 0 saturated carbocycles. The Balaban J connectivity index is 1.45. The van der Waals surface area contributed by atoms with Crippen LogP contribution < -0.4 is 4.74 Å². The topological polar surface area (TPSA) is 53.4 Å². The number of hydrogen-bond donors (Lipinski definition) is 0. The highest BCUT2D eigenvalue weighted by atomic mass is 16.6. The summed E-state index contributed by atoms with van der Waals surface area (Å²) < 4.78 is 12.5. The maximum Gasteiger partial charge on any atom is 0.344 e. The number of carbonyl (C=O) groups is 1. The minimum atomic E-state index is -0.394. The Bertz CT molecular complexity index is 823. The van der Waals surface area contributed by atoms with Crippen molar-refractivity contribution in [3.63, 3.8) is 0 Å². The van der Waals surface area contributed by atoms with Crippen LogP contribution in [0.15, 0.2) is 67.0 Å². The highest BCUT2D eigenvalue weighted by Gasteiger charge is 2.06. The molecule has 0 fully saturated rings. The van der Waals surface area contributed by atoms with Crippen LogP contribution in [0.4, 0.5) is 0 Å². The third kappa shape index (κ3) is 4.72. The molecule has 0 unspecified atom stereocenters. The summed E-state index contributed by atoms with van der Waals surface area (Å²) in [6.07, 6.45) is 3.60. The first-order chi connectivity index (χ1) is 12.6. The van der Waals surface area contributed by atoms with Crippen LogP contribution in [0.5, 0.6) is 5.75 Å². The number of nitrogens with zero attached hydrogens (tertiary/aromatic N) is 2. The summed E-state index contributed by atoms with van der Waals surface area (Å²) in [5.41, 5.74) is 3.10. The van der Waals surface area contributed by atoms with Gasteiger partial charge in [0.05, 0.1) is 5.69 Å². The highest BCUT2D eigenvalue weighted by Crippen LogP contribution is 2.18. The second kappa shape index (κ2) is 8.34. The summed E-state index contributed by atoms with van der Waals surface area (Å²) in [5, 5.41) is 4.17. The number of hydrogen-bond acceptors (Lipinski definition) is 4. The van der Waals surface area contributed by atoms with Crippen molar-refractivity contribution in [2.24, 2.45) is 0 Å². The molecule has 0 aliphatic carbocycles. The van der Waals surface area contributed by atoms with Gasteiger partial charge in [0.15, 0.2) is 6.61 Å². The molecule has 0 saturated heterocycles. The van der Waals surface area contributed by atoms with E-state index in [-0.39, 0.29) is 13.2 Å². The van der Waals surface area contributed by atoms with E-state index in [1.54, 1.807) is 10.9 Å². The molecule has 1 heterocycles. The molecule has 1 aromatic heterocycles. The number of ether oxygens (including phenoxy) is 2. The maximum atomic E-state index is 11.9. The summed E-state index contributed by atoms with van der Waals surface area (Å²) in [5.74, 6) is 0.734. The normalized spacial score (nSPS) is 10.7. The lowest BCUT2D eigenvalue weighted by atomic mass is 10.0. The highest BCUT2D eigenvalue weighted by molar-refractivity contribution is 5.71. The molecule has 2 aromatic carbocycles. The van der Waals surface area contributed by atoms with Gasteiger partial charge >= 0.3 is 5.97 Å². The van der Waals surface area contributed by atoms with E-state index in [0.29, 0.717) is 11.7 Å². The minimum absolute atomic E-state index is 0.105. The average molecular weight is 350 g/mol. The van der Waals surface area contributed by atoms with Crippen LogP contribution in [-0.4, -0.2) is 22.4 Å². The van der Waals surface area contributed by atoms with Crippen LogP contribution in [-0.2, 0) is 16.1 Å². The first-order valence-corrected chi connectivity index (χ1v) is 8.59. The SMILES string of the molecule is CC(C)c1ccc(OCC(=O)OCc2ccc(-n3cccn3)cc2)cc1. The van der Waals surface area contributed by atoms with Gasteiger partial charge < -0.3 is 9.47 Å². The summed E-state index contributed by atoms with van der Waals surface area (Å²) in [4.78, 5) is 11.9. The third-order valence-electron chi connectivity index (χ3n) is 4.01. The van der Waals surface area contributed by atoms with Crippen molar-refractivity contribution in [2.75, 3.05) is 6.61 Å². The molecule has 0 aliphatic heterocycles. The Labute approximate surface area is 153 Å². The van der Waals surface area contributed by atoms with Crippen LogP contribution >= 0.6 is 0 Å².